The fraction of sp³-hybridized carbons (Fsp3) is 0.727. The van der Waals surface area contributed by atoms with Crippen LogP contribution in [0, 0.1) is 5.92 Å². The summed E-state index contributed by atoms with van der Waals surface area (Å²) in [6, 6.07) is 0.269. The summed E-state index contributed by atoms with van der Waals surface area (Å²) in [5, 5.41) is 3.15. The number of rotatable bonds is 4. The third-order valence-corrected chi connectivity index (χ3v) is 3.24. The Labute approximate surface area is 89.5 Å². The van der Waals surface area contributed by atoms with Crippen molar-refractivity contribution in [2.24, 2.45) is 5.92 Å². The van der Waals surface area contributed by atoms with E-state index in [-0.39, 0.29) is 11.6 Å². The van der Waals surface area contributed by atoms with Gasteiger partial charge in [-0.15, -0.1) is 0 Å². The monoisotopic (exact) mass is 209 g/mol. The van der Waals surface area contributed by atoms with E-state index in [1.807, 2.05) is 0 Å². The van der Waals surface area contributed by atoms with E-state index in [0.717, 1.165) is 18.5 Å². The van der Waals surface area contributed by atoms with Crippen LogP contribution in [0.1, 0.15) is 44.8 Å². The molecule has 84 valence electrons. The Morgan fingerprint density at radius 1 is 1.60 bits per heavy atom. The molecule has 0 radical (unpaired) electrons. The predicted molar refractivity (Wildman–Crippen MR) is 60.9 cm³/mol. The zero-order chi connectivity index (χ0) is 11.0. The first kappa shape index (κ1) is 10.3. The van der Waals surface area contributed by atoms with Gasteiger partial charge in [-0.3, -0.25) is 9.89 Å². The Balaban J connectivity index is 2.31. The van der Waals surface area contributed by atoms with E-state index in [1.165, 1.54) is 12.8 Å². The number of aromatic amines is 1. The minimum atomic E-state index is -0.0437. The number of nitrogens with two attached hydrogens (primary N) is 1. The van der Waals surface area contributed by atoms with Crippen LogP contribution in [-0.2, 0) is 6.42 Å². The highest BCUT2D eigenvalue weighted by atomic mass is 16.1. The molecule has 3 N–H and O–H groups in total. The zero-order valence-electron chi connectivity index (χ0n) is 9.42. The lowest BCUT2D eigenvalue weighted by molar-refractivity contribution is 0.426. The molecule has 0 amide bonds. The largest absolute Gasteiger partial charge is 0.393 e. The van der Waals surface area contributed by atoms with Gasteiger partial charge in [0.15, 0.2) is 0 Å². The van der Waals surface area contributed by atoms with Crippen molar-refractivity contribution in [1.82, 2.24) is 9.78 Å². The summed E-state index contributed by atoms with van der Waals surface area (Å²) in [6.45, 7) is 4.17. The Hall–Kier alpha value is -1.19. The maximum absolute atomic E-state index is 11.8. The van der Waals surface area contributed by atoms with Gasteiger partial charge in [-0.05, 0) is 32.1 Å². The van der Waals surface area contributed by atoms with E-state index >= 15 is 0 Å². The molecule has 1 unspecified atom stereocenters. The summed E-state index contributed by atoms with van der Waals surface area (Å²) in [7, 11) is 0. The van der Waals surface area contributed by atoms with Crippen LogP contribution in [0.5, 0.6) is 0 Å². The molecule has 1 fully saturated rings. The SMILES string of the molecule is CCCc1[nH]n(C(C)C2CC2)c(=O)c1N. The van der Waals surface area contributed by atoms with Gasteiger partial charge in [0.25, 0.3) is 5.56 Å². The highest BCUT2D eigenvalue weighted by molar-refractivity contribution is 5.40. The first-order chi connectivity index (χ1) is 7.15. The van der Waals surface area contributed by atoms with Gasteiger partial charge >= 0.3 is 0 Å². The van der Waals surface area contributed by atoms with E-state index < -0.39 is 0 Å². The number of nitrogens with zero attached hydrogens (tertiary/aromatic N) is 1. The lowest BCUT2D eigenvalue weighted by Crippen LogP contribution is -2.23. The first-order valence-corrected chi connectivity index (χ1v) is 5.74. The van der Waals surface area contributed by atoms with Gasteiger partial charge in [0.2, 0.25) is 0 Å². The molecule has 15 heavy (non-hydrogen) atoms. The molecule has 0 bridgehead atoms. The Morgan fingerprint density at radius 3 is 2.80 bits per heavy atom. The van der Waals surface area contributed by atoms with Gasteiger partial charge in [0.05, 0.1) is 11.7 Å². The smallest absolute Gasteiger partial charge is 0.290 e. The molecule has 1 aliphatic rings. The number of aromatic nitrogens is 2. The van der Waals surface area contributed by atoms with Gasteiger partial charge in [-0.1, -0.05) is 13.3 Å². The molecule has 1 aromatic rings. The van der Waals surface area contributed by atoms with Crippen LogP contribution in [0.15, 0.2) is 4.79 Å². The summed E-state index contributed by atoms with van der Waals surface area (Å²) < 4.78 is 1.71. The molecule has 2 rings (SSSR count). The van der Waals surface area contributed by atoms with E-state index in [4.69, 9.17) is 5.73 Å². The van der Waals surface area contributed by atoms with Crippen LogP contribution in [0.25, 0.3) is 0 Å². The van der Waals surface area contributed by atoms with E-state index in [2.05, 4.69) is 18.9 Å². The van der Waals surface area contributed by atoms with Crippen molar-refractivity contribution in [1.29, 1.82) is 0 Å². The summed E-state index contributed by atoms with van der Waals surface area (Å²) in [4.78, 5) is 11.8. The van der Waals surface area contributed by atoms with Crippen molar-refractivity contribution in [3.05, 3.63) is 16.0 Å². The second kappa shape index (κ2) is 3.76. The third kappa shape index (κ3) is 1.80. The summed E-state index contributed by atoms with van der Waals surface area (Å²) in [6.07, 6.45) is 4.32. The van der Waals surface area contributed by atoms with Crippen LogP contribution < -0.4 is 11.3 Å². The van der Waals surface area contributed by atoms with Gasteiger partial charge in [-0.25, -0.2) is 4.68 Å². The number of nitrogen functional groups attached to an aromatic ring is 1. The van der Waals surface area contributed by atoms with E-state index in [1.54, 1.807) is 4.68 Å². The van der Waals surface area contributed by atoms with Crippen molar-refractivity contribution < 1.29 is 0 Å². The molecular weight excluding hydrogens is 190 g/mol. The molecule has 0 saturated heterocycles. The summed E-state index contributed by atoms with van der Waals surface area (Å²) in [5.41, 5.74) is 7.04. The van der Waals surface area contributed by atoms with Crippen molar-refractivity contribution in [3.8, 4) is 0 Å². The molecule has 0 spiro atoms. The lowest BCUT2D eigenvalue weighted by Gasteiger charge is -2.10. The molecule has 1 aliphatic carbocycles. The lowest BCUT2D eigenvalue weighted by atomic mass is 10.2. The molecular formula is C11H19N3O. The van der Waals surface area contributed by atoms with Crippen LogP contribution >= 0.6 is 0 Å². The van der Waals surface area contributed by atoms with Gasteiger partial charge in [-0.2, -0.15) is 0 Å². The Morgan fingerprint density at radius 2 is 2.27 bits per heavy atom. The molecule has 0 aliphatic heterocycles. The summed E-state index contributed by atoms with van der Waals surface area (Å²) >= 11 is 0. The minimum Gasteiger partial charge on any atom is -0.393 e. The van der Waals surface area contributed by atoms with Gasteiger partial charge < -0.3 is 5.73 Å². The first-order valence-electron chi connectivity index (χ1n) is 5.74. The van der Waals surface area contributed by atoms with Gasteiger partial charge in [0.1, 0.15) is 5.69 Å². The molecule has 1 aromatic heterocycles. The molecule has 4 heteroatoms. The maximum atomic E-state index is 11.8. The number of H-pyrrole nitrogens is 1. The average molecular weight is 209 g/mol. The normalized spacial score (nSPS) is 18.0. The van der Waals surface area contributed by atoms with E-state index in [0.29, 0.717) is 11.6 Å². The van der Waals surface area contributed by atoms with Crippen molar-refractivity contribution in [2.45, 2.75) is 45.6 Å². The van der Waals surface area contributed by atoms with Crippen molar-refractivity contribution >= 4 is 5.69 Å². The van der Waals surface area contributed by atoms with E-state index in [9.17, 15) is 4.79 Å². The molecule has 1 heterocycles. The number of hydrogen-bond donors (Lipinski definition) is 2. The number of nitrogens with one attached hydrogen (secondary N) is 1. The van der Waals surface area contributed by atoms with Crippen LogP contribution in [-0.4, -0.2) is 9.78 Å². The number of aryl methyl sites for hydroxylation is 1. The van der Waals surface area contributed by atoms with Gasteiger partial charge in [0, 0.05) is 0 Å². The third-order valence-electron chi connectivity index (χ3n) is 3.24. The molecule has 1 saturated carbocycles. The Kier molecular flexibility index (Phi) is 2.59. The fourth-order valence-electron chi connectivity index (χ4n) is 2.03. The molecule has 1 atom stereocenters. The highest BCUT2D eigenvalue weighted by Crippen LogP contribution is 2.38. The minimum absolute atomic E-state index is 0.0437. The molecule has 4 nitrogen and oxygen atoms in total. The average Bonchev–Trinajstić information content (AvgIpc) is 3.01. The molecule has 0 aromatic carbocycles. The maximum Gasteiger partial charge on any atom is 0.290 e. The number of anilines is 1. The van der Waals surface area contributed by atoms with Crippen LogP contribution in [0.3, 0.4) is 0 Å². The summed E-state index contributed by atoms with van der Waals surface area (Å²) in [5.74, 6) is 0.662. The second-order valence-corrected chi connectivity index (χ2v) is 4.51. The van der Waals surface area contributed by atoms with Crippen LogP contribution in [0.2, 0.25) is 0 Å². The number of hydrogen-bond acceptors (Lipinski definition) is 2. The fourth-order valence-corrected chi connectivity index (χ4v) is 2.03. The highest BCUT2D eigenvalue weighted by Gasteiger charge is 2.31. The topological polar surface area (TPSA) is 63.8 Å². The second-order valence-electron chi connectivity index (χ2n) is 4.51. The van der Waals surface area contributed by atoms with Crippen molar-refractivity contribution in [3.63, 3.8) is 0 Å². The quantitative estimate of drug-likeness (QED) is 0.792. The van der Waals surface area contributed by atoms with Crippen LogP contribution in [0.4, 0.5) is 5.69 Å². The Bertz CT molecular complexity index is 400. The standard InChI is InChI=1S/C11H19N3O/c1-3-4-9-10(12)11(15)14(13-9)7(2)8-5-6-8/h7-8,13H,3-6,12H2,1-2H3. The predicted octanol–water partition coefficient (Wildman–Crippen LogP) is 1.68. The van der Waals surface area contributed by atoms with Crippen molar-refractivity contribution in [2.75, 3.05) is 5.73 Å². The zero-order valence-corrected chi connectivity index (χ0v) is 9.42.